The highest BCUT2D eigenvalue weighted by Gasteiger charge is 2.06. The molecule has 0 N–H and O–H groups in total. The standard InChI is InChI=1S/C17H17NO/c1-14-8-10-15(11-9-14)12-13-17(19)18(2)16-6-4-3-5-7-16/h3-13H,1-2H3/b13-12+. The highest BCUT2D eigenvalue weighted by molar-refractivity contribution is 6.03. The van der Waals surface area contributed by atoms with Gasteiger partial charge in [-0.2, -0.15) is 0 Å². The second-order valence-electron chi connectivity index (χ2n) is 4.48. The zero-order chi connectivity index (χ0) is 13.7. The number of carbonyl (C=O) groups excluding carboxylic acids is 1. The number of hydrogen-bond acceptors (Lipinski definition) is 1. The number of hydrogen-bond donors (Lipinski definition) is 0. The highest BCUT2D eigenvalue weighted by Crippen LogP contribution is 2.12. The summed E-state index contributed by atoms with van der Waals surface area (Å²) in [6.45, 7) is 2.04. The Kier molecular flexibility index (Phi) is 4.14. The molecular formula is C17H17NO. The molecule has 19 heavy (non-hydrogen) atoms. The molecule has 0 saturated carbocycles. The van der Waals surface area contributed by atoms with Gasteiger partial charge in [0.1, 0.15) is 0 Å². The quantitative estimate of drug-likeness (QED) is 0.762. The van der Waals surface area contributed by atoms with Crippen molar-refractivity contribution in [1.82, 2.24) is 0 Å². The molecule has 2 heteroatoms. The van der Waals surface area contributed by atoms with Gasteiger partial charge in [-0.15, -0.1) is 0 Å². The summed E-state index contributed by atoms with van der Waals surface area (Å²) in [6, 6.07) is 17.7. The van der Waals surface area contributed by atoms with Gasteiger partial charge >= 0.3 is 0 Å². The zero-order valence-electron chi connectivity index (χ0n) is 11.2. The van der Waals surface area contributed by atoms with E-state index in [2.05, 4.69) is 0 Å². The van der Waals surface area contributed by atoms with Crippen LogP contribution in [0.15, 0.2) is 60.7 Å². The van der Waals surface area contributed by atoms with E-state index >= 15 is 0 Å². The number of nitrogens with zero attached hydrogens (tertiary/aromatic N) is 1. The van der Waals surface area contributed by atoms with Crippen LogP contribution in [0.1, 0.15) is 11.1 Å². The minimum Gasteiger partial charge on any atom is -0.312 e. The van der Waals surface area contributed by atoms with E-state index in [4.69, 9.17) is 0 Å². The minimum atomic E-state index is -0.0354. The van der Waals surface area contributed by atoms with Gasteiger partial charge in [0.2, 0.25) is 0 Å². The lowest BCUT2D eigenvalue weighted by atomic mass is 10.1. The first-order valence-corrected chi connectivity index (χ1v) is 6.24. The van der Waals surface area contributed by atoms with Gasteiger partial charge in [0, 0.05) is 18.8 Å². The number of para-hydroxylation sites is 1. The number of aryl methyl sites for hydroxylation is 1. The van der Waals surface area contributed by atoms with Crippen LogP contribution in [0.5, 0.6) is 0 Å². The van der Waals surface area contributed by atoms with Crippen molar-refractivity contribution in [2.45, 2.75) is 6.92 Å². The smallest absolute Gasteiger partial charge is 0.250 e. The maximum Gasteiger partial charge on any atom is 0.250 e. The van der Waals surface area contributed by atoms with Gasteiger partial charge in [-0.3, -0.25) is 4.79 Å². The largest absolute Gasteiger partial charge is 0.312 e. The molecule has 0 atom stereocenters. The first-order chi connectivity index (χ1) is 9.16. The molecule has 0 saturated heterocycles. The summed E-state index contributed by atoms with van der Waals surface area (Å²) in [7, 11) is 1.77. The molecule has 0 heterocycles. The first kappa shape index (κ1) is 13.1. The van der Waals surface area contributed by atoms with Gasteiger partial charge in [-0.1, -0.05) is 48.0 Å². The molecule has 0 aromatic heterocycles. The molecule has 0 aliphatic carbocycles. The molecule has 1 amide bonds. The van der Waals surface area contributed by atoms with E-state index in [9.17, 15) is 4.79 Å². The normalized spacial score (nSPS) is 10.6. The topological polar surface area (TPSA) is 20.3 Å². The first-order valence-electron chi connectivity index (χ1n) is 6.24. The predicted molar refractivity (Wildman–Crippen MR) is 80.1 cm³/mol. The third kappa shape index (κ3) is 3.55. The van der Waals surface area contributed by atoms with Crippen LogP contribution in [-0.2, 0) is 4.79 Å². The second kappa shape index (κ2) is 6.01. The minimum absolute atomic E-state index is 0.0354. The van der Waals surface area contributed by atoms with E-state index in [-0.39, 0.29) is 5.91 Å². The zero-order valence-corrected chi connectivity index (χ0v) is 11.2. The number of likely N-dealkylation sites (N-methyl/N-ethyl adjacent to an activating group) is 1. The Hall–Kier alpha value is -2.35. The predicted octanol–water partition coefficient (Wildman–Crippen LogP) is 3.67. The van der Waals surface area contributed by atoms with Crippen LogP contribution in [0.3, 0.4) is 0 Å². The van der Waals surface area contributed by atoms with Crippen LogP contribution in [0, 0.1) is 6.92 Å². The van der Waals surface area contributed by atoms with Gasteiger partial charge in [0.05, 0.1) is 0 Å². The van der Waals surface area contributed by atoms with Crippen LogP contribution in [-0.4, -0.2) is 13.0 Å². The summed E-state index contributed by atoms with van der Waals surface area (Å²) in [6.07, 6.45) is 3.43. The van der Waals surface area contributed by atoms with Crippen LogP contribution in [0.25, 0.3) is 6.08 Å². The maximum absolute atomic E-state index is 12.0. The van der Waals surface area contributed by atoms with Gasteiger partial charge < -0.3 is 4.90 Å². The molecule has 0 aliphatic heterocycles. The maximum atomic E-state index is 12.0. The molecule has 0 radical (unpaired) electrons. The summed E-state index contributed by atoms with van der Waals surface area (Å²) < 4.78 is 0. The Morgan fingerprint density at radius 2 is 1.63 bits per heavy atom. The van der Waals surface area contributed by atoms with Gasteiger partial charge in [0.15, 0.2) is 0 Å². The lowest BCUT2D eigenvalue weighted by Crippen LogP contribution is -2.23. The van der Waals surface area contributed by atoms with Crippen LogP contribution >= 0.6 is 0 Å². The number of carbonyl (C=O) groups is 1. The van der Waals surface area contributed by atoms with Crippen LogP contribution < -0.4 is 4.90 Å². The van der Waals surface area contributed by atoms with Crippen molar-refractivity contribution in [3.05, 3.63) is 71.8 Å². The van der Waals surface area contributed by atoms with Crippen molar-refractivity contribution in [3.63, 3.8) is 0 Å². The highest BCUT2D eigenvalue weighted by atomic mass is 16.2. The molecule has 2 aromatic carbocycles. The molecule has 0 bridgehead atoms. The molecule has 2 aromatic rings. The lowest BCUT2D eigenvalue weighted by Gasteiger charge is -2.14. The van der Waals surface area contributed by atoms with Crippen molar-refractivity contribution in [2.75, 3.05) is 11.9 Å². The Morgan fingerprint density at radius 3 is 2.26 bits per heavy atom. The van der Waals surface area contributed by atoms with E-state index in [1.54, 1.807) is 18.0 Å². The summed E-state index contributed by atoms with van der Waals surface area (Å²) in [5.74, 6) is -0.0354. The molecule has 0 unspecified atom stereocenters. The van der Waals surface area contributed by atoms with E-state index < -0.39 is 0 Å². The van der Waals surface area contributed by atoms with Crippen molar-refractivity contribution in [2.24, 2.45) is 0 Å². The fourth-order valence-corrected chi connectivity index (χ4v) is 1.74. The SMILES string of the molecule is Cc1ccc(/C=C/C(=O)N(C)c2ccccc2)cc1. The average molecular weight is 251 g/mol. The van der Waals surface area contributed by atoms with Gasteiger partial charge in [0.25, 0.3) is 5.91 Å². The second-order valence-corrected chi connectivity index (χ2v) is 4.48. The van der Waals surface area contributed by atoms with Gasteiger partial charge in [-0.25, -0.2) is 0 Å². The molecule has 0 spiro atoms. The fourth-order valence-electron chi connectivity index (χ4n) is 1.74. The summed E-state index contributed by atoms with van der Waals surface area (Å²) >= 11 is 0. The number of benzene rings is 2. The monoisotopic (exact) mass is 251 g/mol. The molecule has 2 nitrogen and oxygen atoms in total. The Balaban J connectivity index is 2.07. The molecule has 0 fully saturated rings. The average Bonchev–Trinajstić information content (AvgIpc) is 2.46. The third-order valence-corrected chi connectivity index (χ3v) is 2.97. The Labute approximate surface area is 114 Å². The molecule has 2 rings (SSSR count). The van der Waals surface area contributed by atoms with E-state index in [1.807, 2.05) is 67.6 Å². The number of amides is 1. The summed E-state index contributed by atoms with van der Waals surface area (Å²) in [5.41, 5.74) is 3.13. The molecule has 96 valence electrons. The summed E-state index contributed by atoms with van der Waals surface area (Å²) in [4.78, 5) is 13.7. The lowest BCUT2D eigenvalue weighted by molar-refractivity contribution is -0.113. The van der Waals surface area contributed by atoms with Crippen molar-refractivity contribution in [3.8, 4) is 0 Å². The molecule has 0 aliphatic rings. The van der Waals surface area contributed by atoms with Crippen molar-refractivity contribution in [1.29, 1.82) is 0 Å². The van der Waals surface area contributed by atoms with Crippen molar-refractivity contribution >= 4 is 17.7 Å². The number of anilines is 1. The number of rotatable bonds is 3. The van der Waals surface area contributed by atoms with E-state index in [1.165, 1.54) is 5.56 Å². The van der Waals surface area contributed by atoms with Gasteiger partial charge in [-0.05, 0) is 30.7 Å². The third-order valence-electron chi connectivity index (χ3n) is 2.97. The van der Waals surface area contributed by atoms with Crippen molar-refractivity contribution < 1.29 is 4.79 Å². The van der Waals surface area contributed by atoms with E-state index in [0.29, 0.717) is 0 Å². The Morgan fingerprint density at radius 1 is 1.00 bits per heavy atom. The van der Waals surface area contributed by atoms with Crippen LogP contribution in [0.2, 0.25) is 0 Å². The fraction of sp³-hybridized carbons (Fsp3) is 0.118. The summed E-state index contributed by atoms with van der Waals surface area (Å²) in [5, 5.41) is 0. The van der Waals surface area contributed by atoms with E-state index in [0.717, 1.165) is 11.3 Å². The van der Waals surface area contributed by atoms with Crippen LogP contribution in [0.4, 0.5) is 5.69 Å². The Bertz CT molecular complexity index is 570. The molecular weight excluding hydrogens is 234 g/mol.